The second kappa shape index (κ2) is 10.5. The zero-order valence-corrected chi connectivity index (χ0v) is 26.1. The highest BCUT2D eigenvalue weighted by molar-refractivity contribution is 6.13. The predicted octanol–water partition coefficient (Wildman–Crippen LogP) is 12.0. The molecule has 1 aliphatic rings. The first-order valence-corrected chi connectivity index (χ1v) is 16.4. The molecule has 48 heavy (non-hydrogen) atoms. The SMILES string of the molecule is c1ccc(N2c3ccccc3N(c3ccc(-n4c5ccccc5c5cc6ccn(-c7ccccc7)c6cc54)cc3)c3ccccc32)cc1. The van der Waals surface area contributed by atoms with Crippen LogP contribution in [0.25, 0.3) is 44.1 Å². The maximum absolute atomic E-state index is 2.41. The molecule has 0 radical (unpaired) electrons. The van der Waals surface area contributed by atoms with Crippen molar-refractivity contribution in [2.45, 2.75) is 0 Å². The third kappa shape index (κ3) is 3.96. The number of aromatic nitrogens is 2. The lowest BCUT2D eigenvalue weighted by molar-refractivity contribution is 1.12. The molecule has 0 bridgehead atoms. The number of hydrogen-bond acceptors (Lipinski definition) is 2. The normalized spacial score (nSPS) is 12.5. The third-order valence-electron chi connectivity index (χ3n) is 9.63. The van der Waals surface area contributed by atoms with Gasteiger partial charge in [-0.05, 0) is 97.1 Å². The largest absolute Gasteiger partial charge is 0.316 e. The molecule has 0 N–H and O–H groups in total. The average Bonchev–Trinajstić information content (AvgIpc) is 3.72. The molecule has 0 saturated carbocycles. The summed E-state index contributed by atoms with van der Waals surface area (Å²) >= 11 is 0. The van der Waals surface area contributed by atoms with Crippen LogP contribution in [0.15, 0.2) is 182 Å². The van der Waals surface area contributed by atoms with Crippen LogP contribution in [0, 0.1) is 0 Å². The molecule has 1 aliphatic heterocycles. The number of nitrogens with zero attached hydrogens (tertiary/aromatic N) is 4. The van der Waals surface area contributed by atoms with Gasteiger partial charge < -0.3 is 18.9 Å². The van der Waals surface area contributed by atoms with Gasteiger partial charge in [0.25, 0.3) is 0 Å². The van der Waals surface area contributed by atoms with Crippen molar-refractivity contribution in [2.75, 3.05) is 9.80 Å². The second-order valence-corrected chi connectivity index (χ2v) is 12.3. The highest BCUT2D eigenvalue weighted by atomic mass is 15.3. The summed E-state index contributed by atoms with van der Waals surface area (Å²) in [6.45, 7) is 0. The van der Waals surface area contributed by atoms with Crippen LogP contribution >= 0.6 is 0 Å². The van der Waals surface area contributed by atoms with Crippen molar-refractivity contribution >= 4 is 66.8 Å². The van der Waals surface area contributed by atoms with E-state index in [2.05, 4.69) is 201 Å². The zero-order chi connectivity index (χ0) is 31.6. The van der Waals surface area contributed by atoms with Gasteiger partial charge >= 0.3 is 0 Å². The Morgan fingerprint density at radius 1 is 0.312 bits per heavy atom. The van der Waals surface area contributed by atoms with Gasteiger partial charge in [-0.2, -0.15) is 0 Å². The minimum atomic E-state index is 1.12. The lowest BCUT2D eigenvalue weighted by Gasteiger charge is -2.40. The molecule has 0 unspecified atom stereocenters. The van der Waals surface area contributed by atoms with E-state index in [1.807, 2.05) is 0 Å². The van der Waals surface area contributed by atoms with E-state index >= 15 is 0 Å². The van der Waals surface area contributed by atoms with E-state index < -0.39 is 0 Å². The maximum Gasteiger partial charge on any atom is 0.0703 e. The van der Waals surface area contributed by atoms with Crippen LogP contribution in [0.3, 0.4) is 0 Å². The van der Waals surface area contributed by atoms with E-state index in [4.69, 9.17) is 0 Å². The summed E-state index contributed by atoms with van der Waals surface area (Å²) in [4.78, 5) is 4.75. The van der Waals surface area contributed by atoms with Gasteiger partial charge in [0.1, 0.15) is 0 Å². The summed E-state index contributed by atoms with van der Waals surface area (Å²) in [5.41, 5.74) is 12.7. The molecule has 0 fully saturated rings. The lowest BCUT2D eigenvalue weighted by atomic mass is 10.0. The van der Waals surface area contributed by atoms with Crippen LogP contribution < -0.4 is 9.80 Å². The Morgan fingerprint density at radius 2 is 0.812 bits per heavy atom. The second-order valence-electron chi connectivity index (χ2n) is 12.3. The minimum Gasteiger partial charge on any atom is -0.316 e. The maximum atomic E-state index is 2.41. The van der Waals surface area contributed by atoms with Gasteiger partial charge in [0.15, 0.2) is 0 Å². The quantitative estimate of drug-likeness (QED) is 0.196. The fraction of sp³-hybridized carbons (Fsp3) is 0. The van der Waals surface area contributed by atoms with Gasteiger partial charge in [-0.3, -0.25) is 0 Å². The summed E-state index contributed by atoms with van der Waals surface area (Å²) < 4.78 is 4.69. The highest BCUT2D eigenvalue weighted by Gasteiger charge is 2.30. The molecule has 0 aliphatic carbocycles. The Kier molecular flexibility index (Phi) is 5.84. The average molecular weight is 615 g/mol. The van der Waals surface area contributed by atoms with E-state index in [0.717, 1.165) is 45.5 Å². The van der Waals surface area contributed by atoms with Crippen molar-refractivity contribution in [3.8, 4) is 11.4 Å². The van der Waals surface area contributed by atoms with E-state index in [1.165, 1.54) is 32.7 Å². The van der Waals surface area contributed by atoms with Gasteiger partial charge in [0.2, 0.25) is 0 Å². The number of anilines is 6. The summed E-state index contributed by atoms with van der Waals surface area (Å²) in [7, 11) is 0. The number of para-hydroxylation sites is 7. The smallest absolute Gasteiger partial charge is 0.0703 e. The molecule has 9 aromatic rings. The molecular formula is C44H30N4. The Labute approximate surface area is 278 Å². The molecule has 7 aromatic carbocycles. The van der Waals surface area contributed by atoms with Crippen LogP contribution in [0.5, 0.6) is 0 Å². The van der Waals surface area contributed by atoms with Crippen molar-refractivity contribution in [1.29, 1.82) is 0 Å². The number of fused-ring (bicyclic) bond motifs is 6. The summed E-state index contributed by atoms with van der Waals surface area (Å²) in [5.74, 6) is 0. The number of benzene rings is 7. The fourth-order valence-electron chi connectivity index (χ4n) is 7.52. The Balaban J connectivity index is 1.14. The van der Waals surface area contributed by atoms with E-state index in [1.54, 1.807) is 0 Å². The van der Waals surface area contributed by atoms with Gasteiger partial charge in [-0.25, -0.2) is 0 Å². The molecular weight excluding hydrogens is 585 g/mol. The van der Waals surface area contributed by atoms with E-state index in [9.17, 15) is 0 Å². The van der Waals surface area contributed by atoms with E-state index in [0.29, 0.717) is 0 Å². The molecule has 4 heteroatoms. The van der Waals surface area contributed by atoms with Crippen molar-refractivity contribution in [2.24, 2.45) is 0 Å². The van der Waals surface area contributed by atoms with E-state index in [-0.39, 0.29) is 0 Å². The molecule has 0 saturated heterocycles. The fourth-order valence-corrected chi connectivity index (χ4v) is 7.52. The predicted molar refractivity (Wildman–Crippen MR) is 201 cm³/mol. The third-order valence-corrected chi connectivity index (χ3v) is 9.63. The van der Waals surface area contributed by atoms with Crippen LogP contribution in [0.1, 0.15) is 0 Å². The zero-order valence-electron chi connectivity index (χ0n) is 26.1. The lowest BCUT2D eigenvalue weighted by Crippen LogP contribution is -2.23. The van der Waals surface area contributed by atoms with Crippen molar-refractivity contribution < 1.29 is 0 Å². The summed E-state index contributed by atoms with van der Waals surface area (Å²) in [6, 6.07) is 63.2. The number of hydrogen-bond donors (Lipinski definition) is 0. The van der Waals surface area contributed by atoms with Gasteiger partial charge in [-0.15, -0.1) is 0 Å². The van der Waals surface area contributed by atoms with Gasteiger partial charge in [0, 0.05) is 45.1 Å². The standard InChI is InChI=1S/C44H30N4/c1-3-13-32(14-4-1)45-28-27-31-29-37-36-17-7-8-18-38(36)46(44(37)30-43(31)45)34-23-25-35(26-24-34)48-41-21-11-9-19-39(41)47(33-15-5-2-6-16-33)40-20-10-12-22-42(40)48/h1-30H. The summed E-state index contributed by atoms with van der Waals surface area (Å²) in [5, 5.41) is 3.75. The Bertz CT molecular complexity index is 2570. The molecule has 10 rings (SSSR count). The van der Waals surface area contributed by atoms with Gasteiger partial charge in [-0.1, -0.05) is 78.9 Å². The van der Waals surface area contributed by atoms with Crippen molar-refractivity contribution in [3.05, 3.63) is 182 Å². The highest BCUT2D eigenvalue weighted by Crippen LogP contribution is 2.53. The van der Waals surface area contributed by atoms with Crippen LogP contribution in [0.2, 0.25) is 0 Å². The molecule has 0 atom stereocenters. The van der Waals surface area contributed by atoms with Crippen LogP contribution in [-0.4, -0.2) is 9.13 Å². The molecule has 226 valence electrons. The monoisotopic (exact) mass is 614 g/mol. The van der Waals surface area contributed by atoms with Crippen molar-refractivity contribution in [3.63, 3.8) is 0 Å². The first-order valence-electron chi connectivity index (χ1n) is 16.4. The van der Waals surface area contributed by atoms with Gasteiger partial charge in [0.05, 0.1) is 39.3 Å². The molecule has 2 aromatic heterocycles. The molecule has 0 amide bonds. The molecule has 3 heterocycles. The Hall–Kier alpha value is -6.52. The Morgan fingerprint density at radius 3 is 1.44 bits per heavy atom. The topological polar surface area (TPSA) is 16.3 Å². The van der Waals surface area contributed by atoms with Crippen molar-refractivity contribution in [1.82, 2.24) is 9.13 Å². The first kappa shape index (κ1) is 26.7. The summed E-state index contributed by atoms with van der Waals surface area (Å²) in [6.07, 6.45) is 2.17. The first-order chi connectivity index (χ1) is 23.8. The van der Waals surface area contributed by atoms with Crippen LogP contribution in [-0.2, 0) is 0 Å². The molecule has 4 nitrogen and oxygen atoms in total. The number of rotatable bonds is 4. The van der Waals surface area contributed by atoms with Crippen LogP contribution in [0.4, 0.5) is 34.1 Å². The minimum absolute atomic E-state index is 1.12. The molecule has 0 spiro atoms.